The van der Waals surface area contributed by atoms with Crippen molar-refractivity contribution in [3.05, 3.63) is 18.0 Å². The first-order chi connectivity index (χ1) is 10.1. The van der Waals surface area contributed by atoms with Gasteiger partial charge in [-0.05, 0) is 18.4 Å². The molecule has 5 nitrogen and oxygen atoms in total. The predicted octanol–water partition coefficient (Wildman–Crippen LogP) is 1.40. The molecule has 2 fully saturated rings. The van der Waals surface area contributed by atoms with Crippen LogP contribution in [-0.2, 0) is 11.8 Å². The Labute approximate surface area is 134 Å². The van der Waals surface area contributed by atoms with Crippen LogP contribution in [0.5, 0.6) is 0 Å². The zero-order valence-electron chi connectivity index (χ0n) is 12.4. The van der Waals surface area contributed by atoms with Gasteiger partial charge in [0.2, 0.25) is 5.91 Å². The first kappa shape index (κ1) is 17.1. The maximum atomic E-state index is 12.7. The third-order valence-corrected chi connectivity index (χ3v) is 4.29. The van der Waals surface area contributed by atoms with Crippen LogP contribution in [-0.4, -0.2) is 52.7 Å². The molecule has 0 radical (unpaired) electrons. The van der Waals surface area contributed by atoms with Crippen molar-refractivity contribution >= 4 is 18.3 Å². The fourth-order valence-corrected chi connectivity index (χ4v) is 3.09. The molecule has 2 atom stereocenters. The van der Waals surface area contributed by atoms with Crippen LogP contribution in [0.2, 0.25) is 0 Å². The largest absolute Gasteiger partial charge is 0.334 e. The molecule has 1 aliphatic heterocycles. The second kappa shape index (κ2) is 6.91. The number of nitrogens with one attached hydrogen (secondary N) is 1. The summed E-state index contributed by atoms with van der Waals surface area (Å²) in [7, 11) is 1.83. The summed E-state index contributed by atoms with van der Waals surface area (Å²) >= 11 is 0. The van der Waals surface area contributed by atoms with E-state index in [1.54, 1.807) is 10.9 Å². The van der Waals surface area contributed by atoms with Crippen molar-refractivity contribution in [3.8, 4) is 0 Å². The molecule has 0 aromatic carbocycles. The van der Waals surface area contributed by atoms with E-state index in [0.717, 1.165) is 18.4 Å². The average molecular weight is 335 g/mol. The predicted molar refractivity (Wildman–Crippen MR) is 80.3 cm³/mol. The van der Waals surface area contributed by atoms with E-state index in [2.05, 4.69) is 10.4 Å². The molecule has 1 aromatic heterocycles. The summed E-state index contributed by atoms with van der Waals surface area (Å²) in [6.45, 7) is 0.792. The van der Waals surface area contributed by atoms with E-state index in [4.69, 9.17) is 0 Å². The molecule has 8 heteroatoms. The number of hydrogen-bond acceptors (Lipinski definition) is 3. The van der Waals surface area contributed by atoms with Crippen LogP contribution in [0.1, 0.15) is 24.3 Å². The number of nitrogens with zero attached hydrogens (tertiary/aromatic N) is 3. The Kier molecular flexibility index (Phi) is 5.39. The second-order valence-electron chi connectivity index (χ2n) is 5.93. The van der Waals surface area contributed by atoms with Crippen LogP contribution < -0.4 is 5.32 Å². The number of amides is 1. The maximum absolute atomic E-state index is 12.7. The van der Waals surface area contributed by atoms with Crippen LogP contribution in [0.3, 0.4) is 0 Å². The molecule has 1 amide bonds. The number of halogens is 3. The summed E-state index contributed by atoms with van der Waals surface area (Å²) in [5, 5.41) is 7.35. The van der Waals surface area contributed by atoms with Gasteiger partial charge in [-0.3, -0.25) is 9.48 Å². The molecular formula is C14H21ClF2N4O. The minimum Gasteiger partial charge on any atom is -0.334 e. The lowest BCUT2D eigenvalue weighted by molar-refractivity contribution is -0.138. The maximum Gasteiger partial charge on any atom is 0.255 e. The van der Waals surface area contributed by atoms with Gasteiger partial charge in [-0.2, -0.15) is 5.10 Å². The number of hydrogen-bond donors (Lipinski definition) is 1. The molecule has 2 heterocycles. The lowest BCUT2D eigenvalue weighted by atomic mass is 9.89. The average Bonchev–Trinajstić information content (AvgIpc) is 2.99. The highest BCUT2D eigenvalue weighted by atomic mass is 35.5. The van der Waals surface area contributed by atoms with Gasteiger partial charge >= 0.3 is 0 Å². The van der Waals surface area contributed by atoms with Crippen molar-refractivity contribution in [1.82, 2.24) is 20.0 Å². The Hall–Kier alpha value is -1.21. The third-order valence-electron chi connectivity index (χ3n) is 4.29. The molecule has 3 rings (SSSR count). The zero-order valence-corrected chi connectivity index (χ0v) is 13.2. The molecule has 22 heavy (non-hydrogen) atoms. The lowest BCUT2D eigenvalue weighted by Crippen LogP contribution is -2.42. The standard InChI is InChI=1S/C14H20F2N4O.ClH/c1-19-7-9(4-18-19)11-5-17-6-12(11)14(21)20(8-13(15)16)10-2-3-10;/h4,7,10-13,17H,2-3,5-6,8H2,1H3;1H/t11-,12+;/m1./s1. The number of alkyl halides is 2. The minimum atomic E-state index is -2.47. The highest BCUT2D eigenvalue weighted by molar-refractivity contribution is 5.85. The normalized spacial score (nSPS) is 24.4. The van der Waals surface area contributed by atoms with Crippen molar-refractivity contribution < 1.29 is 13.6 Å². The molecule has 0 bridgehead atoms. The molecule has 1 aliphatic carbocycles. The van der Waals surface area contributed by atoms with Gasteiger partial charge in [-0.1, -0.05) is 0 Å². The van der Waals surface area contributed by atoms with Gasteiger partial charge in [0, 0.05) is 38.3 Å². The fourth-order valence-electron chi connectivity index (χ4n) is 3.09. The van der Waals surface area contributed by atoms with Gasteiger partial charge in [0.05, 0.1) is 18.7 Å². The van der Waals surface area contributed by atoms with Gasteiger partial charge in [0.15, 0.2) is 0 Å². The van der Waals surface area contributed by atoms with Crippen molar-refractivity contribution in [2.24, 2.45) is 13.0 Å². The topological polar surface area (TPSA) is 50.2 Å². The molecule has 1 aromatic rings. The van der Waals surface area contributed by atoms with E-state index >= 15 is 0 Å². The minimum absolute atomic E-state index is 0. The summed E-state index contributed by atoms with van der Waals surface area (Å²) in [5.74, 6) is -0.393. The first-order valence-corrected chi connectivity index (χ1v) is 7.34. The van der Waals surface area contributed by atoms with Crippen molar-refractivity contribution in [1.29, 1.82) is 0 Å². The summed E-state index contributed by atoms with van der Waals surface area (Å²) < 4.78 is 27.1. The number of carbonyl (C=O) groups excluding carboxylic acids is 1. The van der Waals surface area contributed by atoms with E-state index in [9.17, 15) is 13.6 Å². The summed E-state index contributed by atoms with van der Waals surface area (Å²) in [4.78, 5) is 14.1. The second-order valence-corrected chi connectivity index (χ2v) is 5.93. The number of aromatic nitrogens is 2. The Morgan fingerprint density at radius 2 is 2.23 bits per heavy atom. The van der Waals surface area contributed by atoms with Crippen LogP contribution in [0.4, 0.5) is 8.78 Å². The van der Waals surface area contributed by atoms with Crippen LogP contribution >= 0.6 is 12.4 Å². The van der Waals surface area contributed by atoms with Crippen molar-refractivity contribution in [2.75, 3.05) is 19.6 Å². The molecule has 2 aliphatic rings. The fraction of sp³-hybridized carbons (Fsp3) is 0.714. The summed E-state index contributed by atoms with van der Waals surface area (Å²) in [6, 6.07) is 0.0154. The van der Waals surface area contributed by atoms with Gasteiger partial charge in [0.1, 0.15) is 0 Å². The van der Waals surface area contributed by atoms with Crippen LogP contribution in [0.25, 0.3) is 0 Å². The van der Waals surface area contributed by atoms with Gasteiger partial charge in [-0.25, -0.2) is 8.78 Å². The SMILES string of the molecule is Cl.Cn1cc([C@H]2CNC[C@@H]2C(=O)N(CC(F)F)C2CC2)cn1. The molecule has 1 saturated heterocycles. The Bertz CT molecular complexity index is 521. The van der Waals surface area contributed by atoms with E-state index in [1.165, 1.54) is 4.90 Å². The molecule has 124 valence electrons. The first-order valence-electron chi connectivity index (χ1n) is 7.34. The Morgan fingerprint density at radius 1 is 1.50 bits per heavy atom. The van der Waals surface area contributed by atoms with E-state index < -0.39 is 13.0 Å². The number of carbonyl (C=O) groups is 1. The molecular weight excluding hydrogens is 314 g/mol. The number of aryl methyl sites for hydroxylation is 1. The van der Waals surface area contributed by atoms with E-state index in [1.807, 2.05) is 13.2 Å². The van der Waals surface area contributed by atoms with Crippen molar-refractivity contribution in [3.63, 3.8) is 0 Å². The van der Waals surface area contributed by atoms with Crippen LogP contribution in [0, 0.1) is 5.92 Å². The summed E-state index contributed by atoms with van der Waals surface area (Å²) in [6.07, 6.45) is 2.87. The van der Waals surface area contributed by atoms with Gasteiger partial charge < -0.3 is 10.2 Å². The lowest BCUT2D eigenvalue weighted by Gasteiger charge is -2.27. The van der Waals surface area contributed by atoms with Crippen molar-refractivity contribution in [2.45, 2.75) is 31.2 Å². The quantitative estimate of drug-likeness (QED) is 0.885. The Balaban J connectivity index is 0.00000176. The smallest absolute Gasteiger partial charge is 0.255 e. The van der Waals surface area contributed by atoms with Crippen LogP contribution in [0.15, 0.2) is 12.4 Å². The molecule has 0 spiro atoms. The van der Waals surface area contributed by atoms with E-state index in [0.29, 0.717) is 13.1 Å². The highest BCUT2D eigenvalue weighted by Crippen LogP contribution is 2.34. The van der Waals surface area contributed by atoms with Gasteiger partial charge in [0.25, 0.3) is 6.43 Å². The zero-order chi connectivity index (χ0) is 15.0. The molecule has 1 saturated carbocycles. The summed E-state index contributed by atoms with van der Waals surface area (Å²) in [5.41, 5.74) is 0.994. The van der Waals surface area contributed by atoms with Gasteiger partial charge in [-0.15, -0.1) is 12.4 Å². The third kappa shape index (κ3) is 3.57. The monoisotopic (exact) mass is 334 g/mol. The molecule has 1 N–H and O–H groups in total. The Morgan fingerprint density at radius 3 is 2.77 bits per heavy atom. The van der Waals surface area contributed by atoms with E-state index in [-0.39, 0.29) is 36.2 Å². The highest BCUT2D eigenvalue weighted by Gasteiger charge is 2.42. The number of rotatable bonds is 5. The molecule has 0 unspecified atom stereocenters.